The van der Waals surface area contributed by atoms with Crippen molar-refractivity contribution < 1.29 is 22.3 Å². The van der Waals surface area contributed by atoms with Crippen LogP contribution in [0.15, 0.2) is 53.4 Å². The number of hydrogen-bond acceptors (Lipinski definition) is 8. The standard InChI is InChI=1S/C27H26ClFN4O4S/c1-37-24(34)15-17-7-8-22(21(29)14-17)30-26-25-23(6-3-13-38(25,35)36)31-27(32-26)33-11-9-18(10-12-33)19-4-2-5-20(28)16-19/h2,4-5,7-9,14,16H,3,6,10-13,15H2,1H3,(H,30,31,32). The van der Waals surface area contributed by atoms with Gasteiger partial charge in [-0.05, 0) is 60.2 Å². The number of benzene rings is 2. The van der Waals surface area contributed by atoms with Gasteiger partial charge in [0, 0.05) is 18.1 Å². The predicted molar refractivity (Wildman–Crippen MR) is 144 cm³/mol. The van der Waals surface area contributed by atoms with E-state index in [0.29, 0.717) is 48.2 Å². The highest BCUT2D eigenvalue weighted by atomic mass is 35.5. The van der Waals surface area contributed by atoms with Crippen LogP contribution in [0.4, 0.5) is 21.8 Å². The zero-order chi connectivity index (χ0) is 26.9. The molecule has 0 amide bonds. The van der Waals surface area contributed by atoms with Crippen molar-refractivity contribution in [3.05, 3.63) is 76.2 Å². The topological polar surface area (TPSA) is 101 Å². The highest BCUT2D eigenvalue weighted by Gasteiger charge is 2.31. The van der Waals surface area contributed by atoms with Gasteiger partial charge < -0.3 is 15.0 Å². The number of anilines is 3. The molecule has 11 heteroatoms. The molecule has 0 bridgehead atoms. The molecular formula is C27H26ClFN4O4S. The summed E-state index contributed by atoms with van der Waals surface area (Å²) in [6.07, 6.45) is 3.69. The molecule has 0 fully saturated rings. The Hall–Kier alpha value is -3.50. The van der Waals surface area contributed by atoms with Gasteiger partial charge in [0.05, 0.1) is 30.7 Å². The van der Waals surface area contributed by atoms with Gasteiger partial charge in [0.25, 0.3) is 0 Å². The number of rotatable bonds is 6. The van der Waals surface area contributed by atoms with E-state index in [4.69, 9.17) is 11.6 Å². The lowest BCUT2D eigenvalue weighted by molar-refractivity contribution is -0.139. The van der Waals surface area contributed by atoms with Crippen LogP contribution in [0.3, 0.4) is 0 Å². The van der Waals surface area contributed by atoms with Crippen LogP contribution in [0, 0.1) is 5.82 Å². The van der Waals surface area contributed by atoms with Crippen molar-refractivity contribution in [1.29, 1.82) is 0 Å². The molecule has 0 radical (unpaired) electrons. The molecule has 0 unspecified atom stereocenters. The van der Waals surface area contributed by atoms with Crippen LogP contribution in [-0.4, -0.2) is 50.3 Å². The molecule has 0 atom stereocenters. The van der Waals surface area contributed by atoms with Crippen molar-refractivity contribution in [2.75, 3.05) is 36.2 Å². The minimum Gasteiger partial charge on any atom is -0.469 e. The number of sulfone groups is 1. The van der Waals surface area contributed by atoms with Crippen LogP contribution < -0.4 is 10.2 Å². The SMILES string of the molecule is COC(=O)Cc1ccc(Nc2nc(N3CC=C(c4cccc(Cl)c4)CC3)nc3c2S(=O)(=O)CCC3)c(F)c1. The van der Waals surface area contributed by atoms with Crippen LogP contribution in [0.5, 0.6) is 0 Å². The highest BCUT2D eigenvalue weighted by Crippen LogP contribution is 2.35. The Kier molecular flexibility index (Phi) is 7.36. The molecule has 2 aliphatic rings. The number of fused-ring (bicyclic) bond motifs is 1. The summed E-state index contributed by atoms with van der Waals surface area (Å²) in [7, 11) is -2.38. The van der Waals surface area contributed by atoms with E-state index in [1.54, 1.807) is 6.07 Å². The predicted octanol–water partition coefficient (Wildman–Crippen LogP) is 4.74. The zero-order valence-electron chi connectivity index (χ0n) is 20.7. The van der Waals surface area contributed by atoms with E-state index in [1.165, 1.54) is 19.2 Å². The van der Waals surface area contributed by atoms with Crippen LogP contribution in [0.1, 0.15) is 29.7 Å². The van der Waals surface area contributed by atoms with E-state index in [9.17, 15) is 17.6 Å². The molecule has 198 valence electrons. The molecule has 8 nitrogen and oxygen atoms in total. The minimum atomic E-state index is -3.64. The van der Waals surface area contributed by atoms with Gasteiger partial charge in [-0.1, -0.05) is 35.9 Å². The van der Waals surface area contributed by atoms with E-state index >= 15 is 0 Å². The number of halogens is 2. The average molecular weight is 557 g/mol. The third-order valence-electron chi connectivity index (χ3n) is 6.61. The number of hydrogen-bond donors (Lipinski definition) is 1. The summed E-state index contributed by atoms with van der Waals surface area (Å²) < 4.78 is 45.6. The largest absolute Gasteiger partial charge is 0.469 e. The van der Waals surface area contributed by atoms with E-state index in [2.05, 4.69) is 26.1 Å². The highest BCUT2D eigenvalue weighted by molar-refractivity contribution is 7.91. The molecule has 5 rings (SSSR count). The summed E-state index contributed by atoms with van der Waals surface area (Å²) in [6, 6.07) is 11.9. The summed E-state index contributed by atoms with van der Waals surface area (Å²) in [5.41, 5.74) is 3.14. The number of aromatic nitrogens is 2. The average Bonchev–Trinajstić information content (AvgIpc) is 2.89. The van der Waals surface area contributed by atoms with Gasteiger partial charge in [-0.15, -0.1) is 0 Å². The van der Waals surface area contributed by atoms with Crippen molar-refractivity contribution in [2.45, 2.75) is 30.6 Å². The van der Waals surface area contributed by atoms with E-state index in [0.717, 1.165) is 17.6 Å². The Morgan fingerprint density at radius 3 is 2.74 bits per heavy atom. The number of aryl methyl sites for hydroxylation is 1. The Morgan fingerprint density at radius 1 is 1.18 bits per heavy atom. The van der Waals surface area contributed by atoms with Crippen LogP contribution in [-0.2, 0) is 32.2 Å². The molecule has 3 aromatic rings. The summed E-state index contributed by atoms with van der Waals surface area (Å²) >= 11 is 6.15. The van der Waals surface area contributed by atoms with Gasteiger partial charge >= 0.3 is 5.97 Å². The molecule has 1 aromatic heterocycles. The fourth-order valence-corrected chi connectivity index (χ4v) is 6.49. The lowest BCUT2D eigenvalue weighted by atomic mass is 10.00. The fraction of sp³-hybridized carbons (Fsp3) is 0.296. The van der Waals surface area contributed by atoms with Crippen molar-refractivity contribution in [3.8, 4) is 0 Å². The number of carbonyl (C=O) groups is 1. The summed E-state index contributed by atoms with van der Waals surface area (Å²) in [5.74, 6) is -0.713. The number of methoxy groups -OCH3 is 1. The molecule has 38 heavy (non-hydrogen) atoms. The first-order valence-electron chi connectivity index (χ1n) is 12.2. The third kappa shape index (κ3) is 5.51. The maximum atomic E-state index is 15.0. The second-order valence-electron chi connectivity index (χ2n) is 9.20. The number of esters is 1. The van der Waals surface area contributed by atoms with Crippen LogP contribution >= 0.6 is 11.6 Å². The Balaban J connectivity index is 1.47. The van der Waals surface area contributed by atoms with Crippen LogP contribution in [0.25, 0.3) is 5.57 Å². The Bertz CT molecular complexity index is 1540. The molecule has 0 spiro atoms. The van der Waals surface area contributed by atoms with E-state index in [-0.39, 0.29) is 28.6 Å². The molecule has 3 heterocycles. The van der Waals surface area contributed by atoms with E-state index in [1.807, 2.05) is 29.2 Å². The van der Waals surface area contributed by atoms with Gasteiger partial charge in [0.1, 0.15) is 10.7 Å². The monoisotopic (exact) mass is 556 g/mol. The number of nitrogens with zero attached hydrogens (tertiary/aromatic N) is 3. The number of nitrogens with one attached hydrogen (secondary N) is 1. The van der Waals surface area contributed by atoms with Gasteiger partial charge in [0.2, 0.25) is 5.95 Å². The van der Waals surface area contributed by atoms with Crippen LogP contribution in [0.2, 0.25) is 5.02 Å². The van der Waals surface area contributed by atoms with Crippen molar-refractivity contribution >= 4 is 50.4 Å². The van der Waals surface area contributed by atoms with Crippen molar-refractivity contribution in [1.82, 2.24) is 9.97 Å². The van der Waals surface area contributed by atoms with Gasteiger partial charge in [-0.3, -0.25) is 4.79 Å². The van der Waals surface area contributed by atoms with Crippen molar-refractivity contribution in [2.24, 2.45) is 0 Å². The first kappa shape index (κ1) is 26.1. The zero-order valence-corrected chi connectivity index (χ0v) is 22.3. The molecule has 0 saturated carbocycles. The Morgan fingerprint density at radius 2 is 2.03 bits per heavy atom. The normalized spacial score (nSPS) is 16.4. The summed E-state index contributed by atoms with van der Waals surface area (Å²) in [4.78, 5) is 22.7. The molecular weight excluding hydrogens is 531 g/mol. The van der Waals surface area contributed by atoms with Crippen molar-refractivity contribution in [3.63, 3.8) is 0 Å². The minimum absolute atomic E-state index is 0.0118. The first-order chi connectivity index (χ1) is 18.2. The molecule has 0 aliphatic carbocycles. The maximum absolute atomic E-state index is 15.0. The van der Waals surface area contributed by atoms with E-state index < -0.39 is 21.6 Å². The van der Waals surface area contributed by atoms with Gasteiger partial charge in [0.15, 0.2) is 15.7 Å². The lowest BCUT2D eigenvalue weighted by Gasteiger charge is -2.29. The number of carbonyl (C=O) groups excluding carboxylic acids is 1. The summed E-state index contributed by atoms with van der Waals surface area (Å²) in [5, 5.41) is 3.57. The third-order valence-corrected chi connectivity index (χ3v) is 8.72. The van der Waals surface area contributed by atoms with Gasteiger partial charge in [-0.2, -0.15) is 4.98 Å². The molecule has 1 N–H and O–H groups in total. The maximum Gasteiger partial charge on any atom is 0.309 e. The lowest BCUT2D eigenvalue weighted by Crippen LogP contribution is -2.31. The smallest absolute Gasteiger partial charge is 0.309 e. The Labute approximate surface area is 225 Å². The quantitative estimate of drug-likeness (QED) is 0.434. The second kappa shape index (κ2) is 10.7. The van der Waals surface area contributed by atoms with Gasteiger partial charge in [-0.25, -0.2) is 17.8 Å². The molecule has 2 aromatic carbocycles. The summed E-state index contributed by atoms with van der Waals surface area (Å²) in [6.45, 7) is 1.16. The second-order valence-corrected chi connectivity index (χ2v) is 11.7. The molecule has 0 saturated heterocycles. The first-order valence-corrected chi connectivity index (χ1v) is 14.2. The number of ether oxygens (including phenoxy) is 1. The molecule has 2 aliphatic heterocycles. The fourth-order valence-electron chi connectivity index (χ4n) is 4.68.